The number of aromatic nitrogens is 3. The molecule has 0 amide bonds. The van der Waals surface area contributed by atoms with Gasteiger partial charge in [0.25, 0.3) is 0 Å². The fourth-order valence-electron chi connectivity index (χ4n) is 17.0. The molecule has 4 bridgehead atoms. The van der Waals surface area contributed by atoms with Crippen molar-refractivity contribution in [3.63, 3.8) is 0 Å². The number of nitrogens with zero attached hydrogens (tertiary/aromatic N) is 3. The van der Waals surface area contributed by atoms with E-state index in [-0.39, 0.29) is 21.7 Å². The number of benzene rings is 8. The highest BCUT2D eigenvalue weighted by molar-refractivity contribution is 5.95. The molecule has 1 spiro atoms. The molecule has 1 heterocycles. The predicted molar refractivity (Wildman–Crippen MR) is 298 cm³/mol. The van der Waals surface area contributed by atoms with Crippen molar-refractivity contribution in [2.75, 3.05) is 0 Å². The summed E-state index contributed by atoms with van der Waals surface area (Å²) in [7, 11) is 0. The largest absolute Gasteiger partial charge is 0.208 e. The van der Waals surface area contributed by atoms with E-state index in [0.717, 1.165) is 46.0 Å². The molecule has 354 valence electrons. The molecule has 17 rings (SSSR count). The van der Waals surface area contributed by atoms with Gasteiger partial charge in [0.2, 0.25) is 0 Å². The van der Waals surface area contributed by atoms with E-state index >= 15 is 0 Å². The van der Waals surface area contributed by atoms with Crippen molar-refractivity contribution in [1.29, 1.82) is 0 Å². The van der Waals surface area contributed by atoms with Gasteiger partial charge in [0.1, 0.15) is 0 Å². The van der Waals surface area contributed by atoms with Crippen LogP contribution in [0, 0.1) is 23.7 Å². The first-order valence-corrected chi connectivity index (χ1v) is 27.2. The second-order valence-corrected chi connectivity index (χ2v) is 24.7. The molecule has 4 saturated carbocycles. The Bertz CT molecular complexity index is 3770. The van der Waals surface area contributed by atoms with E-state index in [9.17, 15) is 0 Å². The lowest BCUT2D eigenvalue weighted by Gasteiger charge is -2.61. The smallest absolute Gasteiger partial charge is 0.164 e. The summed E-state index contributed by atoms with van der Waals surface area (Å²) in [5.74, 6) is 5.17. The lowest BCUT2D eigenvalue weighted by atomic mass is 9.43. The van der Waals surface area contributed by atoms with Crippen LogP contribution in [0.1, 0.15) is 118 Å². The van der Waals surface area contributed by atoms with Crippen LogP contribution in [0.15, 0.2) is 164 Å². The third-order valence-electron chi connectivity index (χ3n) is 20.2. The maximum Gasteiger partial charge on any atom is 0.164 e. The van der Waals surface area contributed by atoms with Crippen molar-refractivity contribution in [2.45, 2.75) is 95.3 Å². The summed E-state index contributed by atoms with van der Waals surface area (Å²) in [6.07, 6.45) is 6.79. The van der Waals surface area contributed by atoms with Crippen molar-refractivity contribution in [3.8, 4) is 89.8 Å². The van der Waals surface area contributed by atoms with Crippen molar-refractivity contribution in [1.82, 2.24) is 15.0 Å². The number of hydrogen-bond acceptors (Lipinski definition) is 3. The monoisotopic (exact) mass is 941 g/mol. The zero-order valence-electron chi connectivity index (χ0n) is 42.8. The van der Waals surface area contributed by atoms with Crippen molar-refractivity contribution < 1.29 is 0 Å². The molecule has 0 saturated heterocycles. The van der Waals surface area contributed by atoms with E-state index in [0.29, 0.717) is 11.8 Å². The molecule has 0 unspecified atom stereocenters. The van der Waals surface area contributed by atoms with E-state index in [1.165, 1.54) is 127 Å². The number of fused-ring (bicyclic) bond motifs is 12. The van der Waals surface area contributed by atoms with Crippen molar-refractivity contribution in [3.05, 3.63) is 208 Å². The van der Waals surface area contributed by atoms with Crippen LogP contribution in [0.25, 0.3) is 89.8 Å². The molecule has 8 aromatic carbocycles. The normalized spacial score (nSPS) is 23.6. The molecule has 3 heteroatoms. The maximum atomic E-state index is 5.61. The van der Waals surface area contributed by atoms with Gasteiger partial charge in [-0.3, -0.25) is 0 Å². The van der Waals surface area contributed by atoms with Crippen LogP contribution in [0.3, 0.4) is 0 Å². The maximum absolute atomic E-state index is 5.61. The molecule has 73 heavy (non-hydrogen) atoms. The van der Waals surface area contributed by atoms with Gasteiger partial charge in [0.15, 0.2) is 17.5 Å². The summed E-state index contributed by atoms with van der Waals surface area (Å²) in [6, 6.07) is 62.6. The molecule has 8 aliphatic carbocycles. The lowest BCUT2D eigenvalue weighted by Crippen LogP contribution is -2.55. The Morgan fingerprint density at radius 1 is 0.301 bits per heavy atom. The van der Waals surface area contributed by atoms with Crippen LogP contribution >= 0.6 is 0 Å². The number of rotatable bonds is 4. The summed E-state index contributed by atoms with van der Waals surface area (Å²) in [5, 5.41) is 0. The van der Waals surface area contributed by atoms with Gasteiger partial charge < -0.3 is 0 Å². The van der Waals surface area contributed by atoms with Gasteiger partial charge in [-0.05, 0) is 174 Å². The SMILES string of the molecule is CC1(C)c2ccccc2-c2ccc(-c3ccc4c(c3)C3(c5ccc(-c6nc(-c7cccc8c7-c7ccccc7C8(C)C)nc(-c7cccc8c7-c7ccccc7C8(C)C)n6)cc5-4)C4CC5CC(C4)CC3C5)cc21. The molecular formula is C70H59N3. The highest BCUT2D eigenvalue weighted by Crippen LogP contribution is 2.70. The first kappa shape index (κ1) is 42.3. The Labute approximate surface area is 429 Å². The average molecular weight is 942 g/mol. The van der Waals surface area contributed by atoms with Crippen LogP contribution in [0.5, 0.6) is 0 Å². The molecule has 9 aromatic rings. The molecule has 1 aromatic heterocycles. The van der Waals surface area contributed by atoms with Gasteiger partial charge in [-0.15, -0.1) is 0 Å². The van der Waals surface area contributed by atoms with Gasteiger partial charge >= 0.3 is 0 Å². The van der Waals surface area contributed by atoms with Gasteiger partial charge in [0, 0.05) is 38.4 Å². The minimum atomic E-state index is -0.152. The van der Waals surface area contributed by atoms with Crippen LogP contribution in [0.4, 0.5) is 0 Å². The first-order valence-electron chi connectivity index (χ1n) is 27.2. The van der Waals surface area contributed by atoms with Gasteiger partial charge in [-0.1, -0.05) is 187 Å². The molecular weight excluding hydrogens is 883 g/mol. The van der Waals surface area contributed by atoms with Gasteiger partial charge in [-0.25, -0.2) is 15.0 Å². The molecule has 4 fully saturated rings. The summed E-state index contributed by atoms with van der Waals surface area (Å²) < 4.78 is 0. The Balaban J connectivity index is 0.900. The number of hydrogen-bond donors (Lipinski definition) is 0. The molecule has 8 aliphatic rings. The second kappa shape index (κ2) is 14.3. The zero-order valence-corrected chi connectivity index (χ0v) is 42.8. The topological polar surface area (TPSA) is 38.7 Å². The van der Waals surface area contributed by atoms with E-state index in [1.54, 1.807) is 5.56 Å². The Morgan fingerprint density at radius 3 is 1.27 bits per heavy atom. The van der Waals surface area contributed by atoms with Crippen LogP contribution in [-0.2, 0) is 21.7 Å². The molecule has 0 atom stereocenters. The van der Waals surface area contributed by atoms with Gasteiger partial charge in [0.05, 0.1) is 0 Å². The highest BCUT2D eigenvalue weighted by atomic mass is 15.0. The summed E-state index contributed by atoms with van der Waals surface area (Å²) in [6.45, 7) is 14.2. The second-order valence-electron chi connectivity index (χ2n) is 24.7. The Kier molecular flexibility index (Phi) is 8.28. The van der Waals surface area contributed by atoms with Gasteiger partial charge in [-0.2, -0.15) is 0 Å². The third kappa shape index (κ3) is 5.43. The summed E-state index contributed by atoms with van der Waals surface area (Å²) >= 11 is 0. The predicted octanol–water partition coefficient (Wildman–Crippen LogP) is 17.2. The fourth-order valence-corrected chi connectivity index (χ4v) is 17.0. The Hall–Kier alpha value is -7.23. The Morgan fingerprint density at radius 2 is 0.712 bits per heavy atom. The molecule has 0 radical (unpaired) electrons. The van der Waals surface area contributed by atoms with E-state index in [1.807, 2.05) is 0 Å². The molecule has 0 aliphatic heterocycles. The van der Waals surface area contributed by atoms with E-state index in [4.69, 9.17) is 15.0 Å². The third-order valence-corrected chi connectivity index (χ3v) is 20.2. The first-order chi connectivity index (χ1) is 35.4. The molecule has 0 N–H and O–H groups in total. The van der Waals surface area contributed by atoms with Crippen LogP contribution in [0.2, 0.25) is 0 Å². The highest BCUT2D eigenvalue weighted by Gasteiger charge is 2.61. The standard InChI is InChI=1S/C70H59N3/c1-67(2)55-21-11-8-16-49(55)62-51(18-13-23-58(62)67)65-71-64(72-66(73-65)52-19-14-24-59-63(52)50-17-9-12-22-56(50)68(59,3)4)43-27-30-57-53(36-43)48-29-26-42(38-61(48)70(57)44-32-39-31-40(34-44)35-45(70)33-39)41-25-28-47-46-15-7-10-20-54(46)69(5,6)60(47)37-41/h7-30,36-40,44-45H,31-35H2,1-6H3. The molecule has 3 nitrogen and oxygen atoms in total. The summed E-state index contributed by atoms with van der Waals surface area (Å²) in [4.78, 5) is 16.8. The van der Waals surface area contributed by atoms with E-state index < -0.39 is 0 Å². The van der Waals surface area contributed by atoms with Crippen molar-refractivity contribution >= 4 is 0 Å². The zero-order chi connectivity index (χ0) is 48.9. The van der Waals surface area contributed by atoms with Crippen LogP contribution in [-0.4, -0.2) is 15.0 Å². The van der Waals surface area contributed by atoms with Crippen LogP contribution < -0.4 is 0 Å². The minimum Gasteiger partial charge on any atom is -0.208 e. The fraction of sp³-hybridized carbons (Fsp3) is 0.271. The quantitative estimate of drug-likeness (QED) is 0.176. The average Bonchev–Trinajstić information content (AvgIpc) is 4.05. The van der Waals surface area contributed by atoms with E-state index in [2.05, 4.69) is 205 Å². The van der Waals surface area contributed by atoms with Crippen molar-refractivity contribution in [2.24, 2.45) is 23.7 Å². The lowest BCUT2D eigenvalue weighted by molar-refractivity contribution is -0.0399. The minimum absolute atomic E-state index is 0.00383. The summed E-state index contributed by atoms with van der Waals surface area (Å²) in [5.41, 5.74) is 27.2.